The smallest absolute Gasteiger partial charge is 0.416 e. The molecule has 0 aliphatic carbocycles. The lowest BCUT2D eigenvalue weighted by Crippen LogP contribution is -2.19. The Balaban J connectivity index is 1.51. The van der Waals surface area contributed by atoms with Crippen molar-refractivity contribution in [3.8, 4) is 11.5 Å². The van der Waals surface area contributed by atoms with Crippen LogP contribution < -0.4 is 20.1 Å². The predicted octanol–water partition coefficient (Wildman–Crippen LogP) is 6.63. The lowest BCUT2D eigenvalue weighted by molar-refractivity contribution is -0.137. The standard InChI is InChI=1S/C24H19F3N4O2S2/c1-32-20-11-18-19(12-21(20)33-2)28-13-29-22(18)35-17-8-4-7-16(10-17)31-23(34)30-15-6-3-5-14(9-15)24(25,26)27/h3-13H,1-2H3,(H2,30,31,34). The summed E-state index contributed by atoms with van der Waals surface area (Å²) in [5, 5.41) is 7.47. The van der Waals surface area contributed by atoms with Crippen LogP contribution in [-0.2, 0) is 6.18 Å². The van der Waals surface area contributed by atoms with Gasteiger partial charge in [-0.3, -0.25) is 0 Å². The molecule has 0 aliphatic heterocycles. The van der Waals surface area contributed by atoms with Gasteiger partial charge < -0.3 is 20.1 Å². The topological polar surface area (TPSA) is 68.3 Å². The Bertz CT molecular complexity index is 1380. The molecule has 0 bridgehead atoms. The molecule has 4 rings (SSSR count). The molecule has 180 valence electrons. The van der Waals surface area contributed by atoms with Crippen LogP contribution in [0.25, 0.3) is 10.9 Å². The quantitative estimate of drug-likeness (QED) is 0.219. The molecule has 0 spiro atoms. The maximum absolute atomic E-state index is 13.0. The van der Waals surface area contributed by atoms with E-state index in [2.05, 4.69) is 20.6 Å². The third kappa shape index (κ3) is 5.92. The van der Waals surface area contributed by atoms with E-state index in [0.717, 1.165) is 27.4 Å². The summed E-state index contributed by atoms with van der Waals surface area (Å²) in [5.74, 6) is 1.14. The van der Waals surface area contributed by atoms with Crippen molar-refractivity contribution in [2.75, 3.05) is 24.9 Å². The summed E-state index contributed by atoms with van der Waals surface area (Å²) in [7, 11) is 3.12. The molecule has 0 radical (unpaired) electrons. The van der Waals surface area contributed by atoms with Gasteiger partial charge in [-0.15, -0.1) is 0 Å². The highest BCUT2D eigenvalue weighted by Gasteiger charge is 2.30. The lowest BCUT2D eigenvalue weighted by atomic mass is 10.2. The Morgan fingerprint density at radius 2 is 1.54 bits per heavy atom. The van der Waals surface area contributed by atoms with Crippen LogP contribution in [0.1, 0.15) is 5.56 Å². The highest BCUT2D eigenvalue weighted by atomic mass is 32.2. The number of alkyl halides is 3. The number of nitrogens with zero attached hydrogens (tertiary/aromatic N) is 2. The second kappa shape index (κ2) is 10.4. The minimum Gasteiger partial charge on any atom is -0.493 e. The molecule has 0 aliphatic rings. The summed E-state index contributed by atoms with van der Waals surface area (Å²) in [5.41, 5.74) is 0.854. The van der Waals surface area contributed by atoms with Gasteiger partial charge in [-0.25, -0.2) is 9.97 Å². The van der Waals surface area contributed by atoms with Crippen LogP contribution in [0.2, 0.25) is 0 Å². The first-order valence-electron chi connectivity index (χ1n) is 10.2. The van der Waals surface area contributed by atoms with Crippen molar-refractivity contribution in [1.29, 1.82) is 0 Å². The molecule has 0 unspecified atom stereocenters. The van der Waals surface area contributed by atoms with E-state index in [4.69, 9.17) is 21.7 Å². The molecule has 0 amide bonds. The van der Waals surface area contributed by atoms with Crippen molar-refractivity contribution in [3.63, 3.8) is 0 Å². The van der Waals surface area contributed by atoms with Gasteiger partial charge in [-0.05, 0) is 54.7 Å². The normalized spacial score (nSPS) is 11.2. The van der Waals surface area contributed by atoms with E-state index >= 15 is 0 Å². The fourth-order valence-electron chi connectivity index (χ4n) is 3.26. The van der Waals surface area contributed by atoms with Gasteiger partial charge in [0.2, 0.25) is 0 Å². The first-order valence-corrected chi connectivity index (χ1v) is 11.4. The van der Waals surface area contributed by atoms with Crippen molar-refractivity contribution in [2.24, 2.45) is 0 Å². The fraction of sp³-hybridized carbons (Fsp3) is 0.125. The molecule has 1 aromatic heterocycles. The number of halogens is 3. The van der Waals surface area contributed by atoms with Crippen LogP contribution in [0.15, 0.2) is 76.9 Å². The molecule has 1 heterocycles. The number of hydrogen-bond donors (Lipinski definition) is 2. The number of thiocarbonyl (C=S) groups is 1. The predicted molar refractivity (Wildman–Crippen MR) is 134 cm³/mol. The Kier molecular flexibility index (Phi) is 7.27. The average Bonchev–Trinajstić information content (AvgIpc) is 2.83. The van der Waals surface area contributed by atoms with Crippen LogP contribution >= 0.6 is 24.0 Å². The maximum Gasteiger partial charge on any atom is 0.416 e. The zero-order chi connectivity index (χ0) is 25.0. The molecule has 0 saturated heterocycles. The van der Waals surface area contributed by atoms with Crippen LogP contribution in [0, 0.1) is 0 Å². The number of hydrogen-bond acceptors (Lipinski definition) is 6. The van der Waals surface area contributed by atoms with Crippen LogP contribution in [-0.4, -0.2) is 29.3 Å². The molecule has 6 nitrogen and oxygen atoms in total. The van der Waals surface area contributed by atoms with Crippen molar-refractivity contribution < 1.29 is 22.6 Å². The summed E-state index contributed by atoms with van der Waals surface area (Å²) in [6.07, 6.45) is -2.95. The van der Waals surface area contributed by atoms with Crippen molar-refractivity contribution in [2.45, 2.75) is 16.1 Å². The summed E-state index contributed by atoms with van der Waals surface area (Å²) < 4.78 is 49.6. The molecule has 35 heavy (non-hydrogen) atoms. The second-order valence-corrected chi connectivity index (χ2v) is 8.66. The summed E-state index contributed by atoms with van der Waals surface area (Å²) in [6, 6.07) is 15.9. The van der Waals surface area contributed by atoms with E-state index in [0.29, 0.717) is 22.7 Å². The number of ether oxygens (including phenoxy) is 2. The maximum atomic E-state index is 13.0. The summed E-state index contributed by atoms with van der Waals surface area (Å²) in [4.78, 5) is 9.60. The number of nitrogens with one attached hydrogen (secondary N) is 2. The van der Waals surface area contributed by atoms with E-state index in [1.54, 1.807) is 26.4 Å². The van der Waals surface area contributed by atoms with Crippen molar-refractivity contribution >= 4 is 51.4 Å². The Labute approximate surface area is 208 Å². The highest BCUT2D eigenvalue weighted by molar-refractivity contribution is 7.99. The van der Waals surface area contributed by atoms with Gasteiger partial charge >= 0.3 is 6.18 Å². The van der Waals surface area contributed by atoms with E-state index in [1.807, 2.05) is 24.3 Å². The minimum absolute atomic E-state index is 0.163. The van der Waals surface area contributed by atoms with Gasteiger partial charge in [0.25, 0.3) is 0 Å². The van der Waals surface area contributed by atoms with Gasteiger partial charge in [0.05, 0.1) is 25.3 Å². The molecule has 4 aromatic rings. The third-order valence-electron chi connectivity index (χ3n) is 4.86. The fourth-order valence-corrected chi connectivity index (χ4v) is 4.42. The summed E-state index contributed by atoms with van der Waals surface area (Å²) in [6.45, 7) is 0. The molecule has 0 atom stereocenters. The number of anilines is 2. The number of aromatic nitrogens is 2. The van der Waals surface area contributed by atoms with Crippen LogP contribution in [0.4, 0.5) is 24.5 Å². The number of fused-ring (bicyclic) bond motifs is 1. The van der Waals surface area contributed by atoms with Crippen LogP contribution in [0.5, 0.6) is 11.5 Å². The van der Waals surface area contributed by atoms with E-state index < -0.39 is 11.7 Å². The first-order chi connectivity index (χ1) is 16.8. The minimum atomic E-state index is -4.43. The molecular weight excluding hydrogens is 497 g/mol. The van der Waals surface area contributed by atoms with E-state index in [1.165, 1.54) is 30.2 Å². The summed E-state index contributed by atoms with van der Waals surface area (Å²) >= 11 is 6.71. The number of rotatable bonds is 6. The number of benzene rings is 3. The van der Waals surface area contributed by atoms with E-state index in [-0.39, 0.29) is 10.8 Å². The second-order valence-electron chi connectivity index (χ2n) is 7.19. The highest BCUT2D eigenvalue weighted by Crippen LogP contribution is 2.37. The monoisotopic (exact) mass is 516 g/mol. The molecule has 0 saturated carbocycles. The Hall–Kier alpha value is -3.57. The third-order valence-corrected chi connectivity index (χ3v) is 6.07. The van der Waals surface area contributed by atoms with Crippen LogP contribution in [0.3, 0.4) is 0 Å². The van der Waals surface area contributed by atoms with Crippen molar-refractivity contribution in [1.82, 2.24) is 9.97 Å². The van der Waals surface area contributed by atoms with Gasteiger partial charge in [0.15, 0.2) is 16.6 Å². The zero-order valence-electron chi connectivity index (χ0n) is 18.5. The lowest BCUT2D eigenvalue weighted by Gasteiger charge is -2.13. The van der Waals surface area contributed by atoms with Gasteiger partial charge in [0.1, 0.15) is 11.4 Å². The molecular formula is C24H19F3N4O2S2. The van der Waals surface area contributed by atoms with Crippen molar-refractivity contribution in [3.05, 3.63) is 72.6 Å². The van der Waals surface area contributed by atoms with Gasteiger partial charge in [-0.1, -0.05) is 23.9 Å². The Morgan fingerprint density at radius 3 is 2.23 bits per heavy atom. The van der Waals surface area contributed by atoms with Gasteiger partial charge in [-0.2, -0.15) is 13.2 Å². The largest absolute Gasteiger partial charge is 0.493 e. The molecule has 2 N–H and O–H groups in total. The first kappa shape index (κ1) is 24.6. The SMILES string of the molecule is COc1cc2ncnc(Sc3cccc(NC(=S)Nc4cccc(C(F)(F)F)c4)c3)c2cc1OC. The molecule has 0 fully saturated rings. The van der Waals surface area contributed by atoms with Gasteiger partial charge in [0, 0.05) is 27.7 Å². The number of methoxy groups -OCH3 is 2. The Morgan fingerprint density at radius 1 is 0.886 bits per heavy atom. The average molecular weight is 517 g/mol. The zero-order valence-corrected chi connectivity index (χ0v) is 20.1. The molecule has 11 heteroatoms. The van der Waals surface area contributed by atoms with E-state index in [9.17, 15) is 13.2 Å². The molecule has 3 aromatic carbocycles.